The third-order valence-corrected chi connectivity index (χ3v) is 1.90. The van der Waals surface area contributed by atoms with Crippen LogP contribution >= 0.6 is 0 Å². The molecule has 1 rings (SSSR count). The molecule has 0 N–H and O–H groups in total. The van der Waals surface area contributed by atoms with E-state index in [0.717, 1.165) is 25.7 Å². The number of allylic oxidation sites excluding steroid dienone is 10. The predicted octanol–water partition coefficient (Wildman–Crippen LogP) is 4.14. The van der Waals surface area contributed by atoms with E-state index < -0.39 is 0 Å². The lowest BCUT2D eigenvalue weighted by atomic mass is 10.2. The van der Waals surface area contributed by atoms with Gasteiger partial charge in [0.2, 0.25) is 0 Å². The fraction of sp³-hybridized carbons (Fsp3) is 0.286. The third kappa shape index (κ3) is 6.24. The molecule has 0 heterocycles. The van der Waals surface area contributed by atoms with Gasteiger partial charge in [0.05, 0.1) is 0 Å². The topological polar surface area (TPSA) is 0 Å². The maximum Gasteiger partial charge on any atom is -0.0163 e. The zero-order valence-corrected chi connectivity index (χ0v) is 8.52. The first-order chi connectivity index (χ1) is 7.00. The van der Waals surface area contributed by atoms with Gasteiger partial charge in [-0.3, -0.25) is 0 Å². The lowest BCUT2D eigenvalue weighted by Crippen LogP contribution is -1.67. The van der Waals surface area contributed by atoms with Gasteiger partial charge in [0.15, 0.2) is 0 Å². The normalized spacial score (nSPS) is 18.3. The summed E-state index contributed by atoms with van der Waals surface area (Å²) in [6, 6.07) is 0. The van der Waals surface area contributed by atoms with E-state index in [1.807, 2.05) is 0 Å². The van der Waals surface area contributed by atoms with Gasteiger partial charge in [0.25, 0.3) is 0 Å². The highest BCUT2D eigenvalue weighted by Crippen LogP contribution is 1.97. The Kier molecular flexibility index (Phi) is 6.39. The summed E-state index contributed by atoms with van der Waals surface area (Å²) in [4.78, 5) is 0. The Morgan fingerprint density at radius 1 is 0.714 bits per heavy atom. The molecule has 0 saturated carbocycles. The van der Waals surface area contributed by atoms with Gasteiger partial charge in [-0.1, -0.05) is 54.7 Å². The molecule has 0 aromatic carbocycles. The Hall–Kier alpha value is -1.30. The van der Waals surface area contributed by atoms with Crippen molar-refractivity contribution in [1.82, 2.24) is 0 Å². The molecule has 0 amide bonds. The van der Waals surface area contributed by atoms with Crippen LogP contribution in [0.25, 0.3) is 0 Å². The molecule has 73 valence electrons. The van der Waals surface area contributed by atoms with E-state index in [1.165, 1.54) is 0 Å². The summed E-state index contributed by atoms with van der Waals surface area (Å²) >= 11 is 0. The number of hydrogen-bond donors (Lipinski definition) is 0. The molecule has 0 fully saturated rings. The molecule has 0 heteroatoms. The largest absolute Gasteiger partial charge is 0.0844 e. The van der Waals surface area contributed by atoms with Gasteiger partial charge >= 0.3 is 0 Å². The molecule has 0 nitrogen and oxygen atoms in total. The molecular weight excluding hydrogens is 168 g/mol. The Bertz CT molecular complexity index is 262. The molecule has 14 heavy (non-hydrogen) atoms. The second-order valence-electron chi connectivity index (χ2n) is 3.13. The molecule has 0 bridgehead atoms. The summed E-state index contributed by atoms with van der Waals surface area (Å²) in [6.07, 6.45) is 26.5. The van der Waals surface area contributed by atoms with Crippen LogP contribution in [0.5, 0.6) is 0 Å². The molecule has 0 aromatic rings. The maximum absolute atomic E-state index is 3.27. The summed E-state index contributed by atoms with van der Waals surface area (Å²) in [6.45, 7) is 0. The van der Waals surface area contributed by atoms with E-state index in [9.17, 15) is 0 Å². The van der Waals surface area contributed by atoms with Gasteiger partial charge in [-0.15, -0.1) is 0 Å². The zero-order valence-electron chi connectivity index (χ0n) is 8.52. The van der Waals surface area contributed by atoms with Crippen LogP contribution in [0.1, 0.15) is 25.7 Å². The van der Waals surface area contributed by atoms with E-state index in [0.29, 0.717) is 0 Å². The van der Waals surface area contributed by atoms with Crippen molar-refractivity contribution in [2.45, 2.75) is 25.7 Å². The van der Waals surface area contributed by atoms with Gasteiger partial charge in [-0.25, -0.2) is 0 Å². The average molecular weight is 185 g/mol. The Labute approximate surface area is 87.0 Å². The SMILES string of the molecule is [C]1=CCC=CCC=CC=CC=CCC1. The van der Waals surface area contributed by atoms with Crippen LogP contribution in [-0.4, -0.2) is 0 Å². The standard InChI is InChI=1S/C14H17/c1-2-4-6-8-10-12-14-13-11-9-7-5-3-1/h1-6,9,11,14H,7-8,10,13H2. The van der Waals surface area contributed by atoms with Gasteiger partial charge in [-0.2, -0.15) is 0 Å². The van der Waals surface area contributed by atoms with Crippen LogP contribution < -0.4 is 0 Å². The summed E-state index contributed by atoms with van der Waals surface area (Å²) < 4.78 is 0. The van der Waals surface area contributed by atoms with Crippen molar-refractivity contribution in [3.8, 4) is 0 Å². The monoisotopic (exact) mass is 185 g/mol. The summed E-state index contributed by atoms with van der Waals surface area (Å²) in [5.74, 6) is 0. The Balaban J connectivity index is 2.45. The van der Waals surface area contributed by atoms with E-state index in [1.54, 1.807) is 0 Å². The molecule has 0 saturated heterocycles. The van der Waals surface area contributed by atoms with Crippen molar-refractivity contribution in [1.29, 1.82) is 0 Å². The molecule has 0 aliphatic heterocycles. The fourth-order valence-electron chi connectivity index (χ4n) is 1.15. The molecule has 0 aromatic heterocycles. The van der Waals surface area contributed by atoms with Gasteiger partial charge in [0, 0.05) is 0 Å². The number of hydrogen-bond acceptors (Lipinski definition) is 0. The fourth-order valence-corrected chi connectivity index (χ4v) is 1.15. The van der Waals surface area contributed by atoms with E-state index in [2.05, 4.69) is 60.8 Å². The average Bonchev–Trinajstić information content (AvgIpc) is 2.22. The minimum Gasteiger partial charge on any atom is -0.0844 e. The molecular formula is C14H17. The quantitative estimate of drug-likeness (QED) is 0.497. The van der Waals surface area contributed by atoms with Crippen LogP contribution in [-0.2, 0) is 0 Å². The third-order valence-electron chi connectivity index (χ3n) is 1.90. The van der Waals surface area contributed by atoms with Gasteiger partial charge in [0.1, 0.15) is 0 Å². The lowest BCUT2D eigenvalue weighted by Gasteiger charge is -1.86. The highest BCUT2D eigenvalue weighted by molar-refractivity contribution is 5.12. The molecule has 0 spiro atoms. The van der Waals surface area contributed by atoms with Gasteiger partial charge < -0.3 is 0 Å². The Morgan fingerprint density at radius 3 is 2.43 bits per heavy atom. The van der Waals surface area contributed by atoms with Crippen molar-refractivity contribution in [2.75, 3.05) is 0 Å². The number of rotatable bonds is 0. The van der Waals surface area contributed by atoms with Gasteiger partial charge in [-0.05, 0) is 31.8 Å². The molecule has 0 unspecified atom stereocenters. The lowest BCUT2D eigenvalue weighted by molar-refractivity contribution is 1.02. The highest BCUT2D eigenvalue weighted by Gasteiger charge is 1.77. The summed E-state index contributed by atoms with van der Waals surface area (Å²) in [5, 5.41) is 0. The summed E-state index contributed by atoms with van der Waals surface area (Å²) in [5.41, 5.74) is 0. The van der Waals surface area contributed by atoms with Crippen LogP contribution in [0, 0.1) is 6.08 Å². The molecule has 1 aliphatic carbocycles. The minimum absolute atomic E-state index is 1.01. The first kappa shape index (κ1) is 10.8. The minimum atomic E-state index is 1.01. The molecule has 0 atom stereocenters. The van der Waals surface area contributed by atoms with Crippen molar-refractivity contribution >= 4 is 0 Å². The Morgan fingerprint density at radius 2 is 1.50 bits per heavy atom. The van der Waals surface area contributed by atoms with Crippen molar-refractivity contribution in [2.24, 2.45) is 0 Å². The van der Waals surface area contributed by atoms with Crippen LogP contribution in [0.3, 0.4) is 0 Å². The van der Waals surface area contributed by atoms with Crippen molar-refractivity contribution in [3.63, 3.8) is 0 Å². The second-order valence-corrected chi connectivity index (χ2v) is 3.13. The first-order valence-electron chi connectivity index (χ1n) is 5.18. The van der Waals surface area contributed by atoms with Crippen LogP contribution in [0.4, 0.5) is 0 Å². The van der Waals surface area contributed by atoms with Crippen LogP contribution in [0.2, 0.25) is 0 Å². The maximum atomic E-state index is 3.27. The predicted molar refractivity (Wildman–Crippen MR) is 62.8 cm³/mol. The molecule has 1 aliphatic rings. The van der Waals surface area contributed by atoms with E-state index in [4.69, 9.17) is 0 Å². The van der Waals surface area contributed by atoms with E-state index in [-0.39, 0.29) is 0 Å². The first-order valence-corrected chi connectivity index (χ1v) is 5.18. The van der Waals surface area contributed by atoms with Crippen LogP contribution in [0.15, 0.2) is 54.7 Å². The van der Waals surface area contributed by atoms with Crippen molar-refractivity contribution in [3.05, 3.63) is 60.8 Å². The molecule has 1 radical (unpaired) electrons. The highest BCUT2D eigenvalue weighted by atomic mass is 13.8. The zero-order chi connectivity index (χ0) is 9.90. The summed E-state index contributed by atoms with van der Waals surface area (Å²) in [7, 11) is 0. The second kappa shape index (κ2) is 8.31. The van der Waals surface area contributed by atoms with E-state index >= 15 is 0 Å². The van der Waals surface area contributed by atoms with Crippen molar-refractivity contribution < 1.29 is 0 Å². The smallest absolute Gasteiger partial charge is 0.0163 e.